The Morgan fingerprint density at radius 1 is 0.969 bits per heavy atom. The molecule has 1 saturated carbocycles. The largest absolute Gasteiger partial charge is 0.378 e. The van der Waals surface area contributed by atoms with Crippen LogP contribution in [0.3, 0.4) is 0 Å². The van der Waals surface area contributed by atoms with Crippen LogP contribution >= 0.6 is 11.6 Å². The lowest BCUT2D eigenvalue weighted by molar-refractivity contribution is 0.122. The fraction of sp³-hybridized carbons (Fsp3) is 0.292. The molecule has 0 bridgehead atoms. The van der Waals surface area contributed by atoms with Gasteiger partial charge in [0.05, 0.1) is 36.3 Å². The number of aromatic nitrogens is 4. The summed E-state index contributed by atoms with van der Waals surface area (Å²) in [5.74, 6) is 1.45. The van der Waals surface area contributed by atoms with Crippen LogP contribution in [0.25, 0.3) is 22.3 Å². The Morgan fingerprint density at radius 2 is 1.78 bits per heavy atom. The minimum atomic E-state index is 0.576. The SMILES string of the molecule is Clc1ccc(Nc2cc(-c3ccc4ncn(C5CC5)c4c3)nc(N3CCOCC3)n2)cc1. The zero-order valence-corrected chi connectivity index (χ0v) is 18.3. The second-order valence-corrected chi connectivity index (χ2v) is 8.69. The standard InChI is InChI=1S/C24H23ClN6O/c25-17-2-4-18(5-3-17)27-23-14-21(28-24(29-23)30-9-11-32-12-10-30)16-1-8-20-22(13-16)31(15-26-20)19-6-7-19/h1-5,8,13-15,19H,6-7,9-12H2,(H,27,28,29). The number of nitrogens with one attached hydrogen (secondary N) is 1. The molecular weight excluding hydrogens is 424 g/mol. The van der Waals surface area contributed by atoms with Crippen LogP contribution in [0.4, 0.5) is 17.5 Å². The molecule has 1 aliphatic heterocycles. The molecule has 0 unspecified atom stereocenters. The Bertz CT molecular complexity index is 1260. The molecule has 1 aliphatic carbocycles. The minimum Gasteiger partial charge on any atom is -0.378 e. The molecule has 1 saturated heterocycles. The van der Waals surface area contributed by atoms with Crippen LogP contribution in [0.2, 0.25) is 5.02 Å². The van der Waals surface area contributed by atoms with Crippen LogP contribution in [-0.2, 0) is 4.74 Å². The van der Waals surface area contributed by atoms with Crippen molar-refractivity contribution in [2.45, 2.75) is 18.9 Å². The maximum absolute atomic E-state index is 6.05. The summed E-state index contributed by atoms with van der Waals surface area (Å²) in [6, 6.07) is 16.5. The molecule has 1 N–H and O–H groups in total. The number of imidazole rings is 1. The Morgan fingerprint density at radius 3 is 2.56 bits per heavy atom. The third-order valence-corrected chi connectivity index (χ3v) is 6.19. The molecule has 7 nitrogen and oxygen atoms in total. The maximum atomic E-state index is 6.05. The second-order valence-electron chi connectivity index (χ2n) is 8.26. The summed E-state index contributed by atoms with van der Waals surface area (Å²) in [6.07, 6.45) is 4.40. The van der Waals surface area contributed by atoms with E-state index in [9.17, 15) is 0 Å². The van der Waals surface area contributed by atoms with E-state index in [1.165, 1.54) is 12.8 Å². The van der Waals surface area contributed by atoms with Crippen molar-refractivity contribution in [3.05, 3.63) is 59.9 Å². The third kappa shape index (κ3) is 3.89. The highest BCUT2D eigenvalue weighted by Crippen LogP contribution is 2.38. The number of benzene rings is 2. The van der Waals surface area contributed by atoms with Gasteiger partial charge in [0.25, 0.3) is 0 Å². The predicted octanol–water partition coefficient (Wildman–Crippen LogP) is 5.06. The zero-order chi connectivity index (χ0) is 21.5. The molecule has 2 aliphatic rings. The fourth-order valence-corrected chi connectivity index (χ4v) is 4.19. The van der Waals surface area contributed by atoms with Crippen molar-refractivity contribution >= 4 is 40.1 Å². The Kier molecular flexibility index (Phi) is 4.92. The summed E-state index contributed by atoms with van der Waals surface area (Å²) in [4.78, 5) is 16.5. The van der Waals surface area contributed by atoms with Gasteiger partial charge in [-0.25, -0.2) is 9.97 Å². The lowest BCUT2D eigenvalue weighted by atomic mass is 10.1. The lowest BCUT2D eigenvalue weighted by Crippen LogP contribution is -2.37. The van der Waals surface area contributed by atoms with Crippen LogP contribution in [0.15, 0.2) is 54.9 Å². The average molecular weight is 447 g/mol. The van der Waals surface area contributed by atoms with E-state index in [-0.39, 0.29) is 0 Å². The maximum Gasteiger partial charge on any atom is 0.228 e. The van der Waals surface area contributed by atoms with E-state index in [4.69, 9.17) is 26.3 Å². The highest BCUT2D eigenvalue weighted by Gasteiger charge is 2.25. The van der Waals surface area contributed by atoms with Crippen molar-refractivity contribution in [2.75, 3.05) is 36.5 Å². The molecular formula is C24H23ClN6O. The quantitative estimate of drug-likeness (QED) is 0.462. The van der Waals surface area contributed by atoms with Crippen molar-refractivity contribution in [3.63, 3.8) is 0 Å². The van der Waals surface area contributed by atoms with E-state index in [0.29, 0.717) is 30.2 Å². The summed E-state index contributed by atoms with van der Waals surface area (Å²) < 4.78 is 7.81. The molecule has 32 heavy (non-hydrogen) atoms. The van der Waals surface area contributed by atoms with Crippen molar-refractivity contribution in [1.82, 2.24) is 19.5 Å². The van der Waals surface area contributed by atoms with Gasteiger partial charge in [0.2, 0.25) is 5.95 Å². The molecule has 6 rings (SSSR count). The van der Waals surface area contributed by atoms with Crippen LogP contribution in [-0.4, -0.2) is 45.8 Å². The van der Waals surface area contributed by atoms with Gasteiger partial charge in [0.1, 0.15) is 5.82 Å². The van der Waals surface area contributed by atoms with Crippen molar-refractivity contribution in [3.8, 4) is 11.3 Å². The van der Waals surface area contributed by atoms with Crippen molar-refractivity contribution in [1.29, 1.82) is 0 Å². The third-order valence-electron chi connectivity index (χ3n) is 5.94. The summed E-state index contributed by atoms with van der Waals surface area (Å²) in [5.41, 5.74) is 5.03. The summed E-state index contributed by atoms with van der Waals surface area (Å²) in [5, 5.41) is 4.11. The van der Waals surface area contributed by atoms with E-state index in [0.717, 1.165) is 46.9 Å². The van der Waals surface area contributed by atoms with Gasteiger partial charge in [0, 0.05) is 41.5 Å². The van der Waals surface area contributed by atoms with Gasteiger partial charge in [0.15, 0.2) is 0 Å². The smallest absolute Gasteiger partial charge is 0.228 e. The fourth-order valence-electron chi connectivity index (χ4n) is 4.06. The molecule has 0 atom stereocenters. The number of hydrogen-bond acceptors (Lipinski definition) is 6. The number of halogens is 1. The van der Waals surface area contributed by atoms with Gasteiger partial charge in [-0.05, 0) is 49.2 Å². The molecule has 0 spiro atoms. The van der Waals surface area contributed by atoms with E-state index < -0.39 is 0 Å². The number of hydrogen-bond donors (Lipinski definition) is 1. The first-order valence-corrected chi connectivity index (χ1v) is 11.3. The topological polar surface area (TPSA) is 68.1 Å². The molecule has 162 valence electrons. The molecule has 2 fully saturated rings. The molecule has 2 aromatic heterocycles. The summed E-state index contributed by atoms with van der Waals surface area (Å²) in [6.45, 7) is 2.91. The molecule has 3 heterocycles. The molecule has 8 heteroatoms. The van der Waals surface area contributed by atoms with Gasteiger partial charge in [-0.1, -0.05) is 17.7 Å². The van der Waals surface area contributed by atoms with Crippen LogP contribution in [0.1, 0.15) is 18.9 Å². The van der Waals surface area contributed by atoms with Gasteiger partial charge in [-0.15, -0.1) is 0 Å². The van der Waals surface area contributed by atoms with Crippen molar-refractivity contribution in [2.24, 2.45) is 0 Å². The number of nitrogens with zero attached hydrogens (tertiary/aromatic N) is 5. The molecule has 0 amide bonds. The van der Waals surface area contributed by atoms with Gasteiger partial charge >= 0.3 is 0 Å². The highest BCUT2D eigenvalue weighted by atomic mass is 35.5. The first-order chi connectivity index (χ1) is 15.7. The van der Waals surface area contributed by atoms with Crippen LogP contribution in [0.5, 0.6) is 0 Å². The lowest BCUT2D eigenvalue weighted by Gasteiger charge is -2.27. The number of morpholine rings is 1. The molecule has 4 aromatic rings. The van der Waals surface area contributed by atoms with Gasteiger partial charge in [-0.3, -0.25) is 0 Å². The first-order valence-electron chi connectivity index (χ1n) is 10.9. The van der Waals surface area contributed by atoms with Gasteiger partial charge in [-0.2, -0.15) is 4.98 Å². The normalized spacial score (nSPS) is 16.5. The first kappa shape index (κ1) is 19.5. The van der Waals surface area contributed by atoms with Crippen molar-refractivity contribution < 1.29 is 4.74 Å². The Hall–Kier alpha value is -3.16. The van der Waals surface area contributed by atoms with E-state index in [1.807, 2.05) is 36.7 Å². The van der Waals surface area contributed by atoms with Gasteiger partial charge < -0.3 is 19.5 Å². The monoisotopic (exact) mass is 446 g/mol. The summed E-state index contributed by atoms with van der Waals surface area (Å²) >= 11 is 6.05. The number of anilines is 3. The Balaban J connectivity index is 1.41. The number of fused-ring (bicyclic) bond motifs is 1. The van der Waals surface area contributed by atoms with E-state index in [2.05, 4.69) is 38.0 Å². The van der Waals surface area contributed by atoms with Crippen LogP contribution < -0.4 is 10.2 Å². The van der Waals surface area contributed by atoms with Crippen LogP contribution in [0, 0.1) is 0 Å². The van der Waals surface area contributed by atoms with E-state index in [1.54, 1.807) is 0 Å². The number of rotatable bonds is 5. The molecule has 2 aromatic carbocycles. The average Bonchev–Trinajstić information content (AvgIpc) is 3.59. The minimum absolute atomic E-state index is 0.576. The zero-order valence-electron chi connectivity index (χ0n) is 17.5. The molecule has 0 radical (unpaired) electrons. The Labute approximate surface area is 191 Å². The number of ether oxygens (including phenoxy) is 1. The van der Waals surface area contributed by atoms with E-state index >= 15 is 0 Å². The predicted molar refractivity (Wildman–Crippen MR) is 127 cm³/mol. The summed E-state index contributed by atoms with van der Waals surface area (Å²) in [7, 11) is 0. The highest BCUT2D eigenvalue weighted by molar-refractivity contribution is 6.30. The second kappa shape index (κ2) is 8.07.